The van der Waals surface area contributed by atoms with Crippen LogP contribution in [0.25, 0.3) is 0 Å². The molecule has 102 valence electrons. The third kappa shape index (κ3) is 4.80. The summed E-state index contributed by atoms with van der Waals surface area (Å²) in [6, 6.07) is 9.91. The van der Waals surface area contributed by atoms with Crippen LogP contribution in [-0.4, -0.2) is 13.2 Å². The third-order valence-electron chi connectivity index (χ3n) is 2.53. The Balaban J connectivity index is 1.69. The monoisotopic (exact) mass is 359 g/mol. The highest BCUT2D eigenvalue weighted by atomic mass is 79.9. The van der Waals surface area contributed by atoms with Gasteiger partial charge in [-0.1, -0.05) is 27.5 Å². The number of halogens is 2. The van der Waals surface area contributed by atoms with E-state index in [9.17, 15) is 0 Å². The zero-order chi connectivity index (χ0) is 13.7. The van der Waals surface area contributed by atoms with E-state index in [-0.39, 0.29) is 0 Å². The first-order chi connectivity index (χ1) is 9.15. The lowest BCUT2D eigenvalue weighted by Crippen LogP contribution is -2.20. The highest BCUT2D eigenvalue weighted by Crippen LogP contribution is 2.27. The molecular weight excluding hydrogens is 346 g/mol. The largest absolute Gasteiger partial charge is 0.491 e. The molecule has 2 aromatic rings. The zero-order valence-electron chi connectivity index (χ0n) is 10.6. The van der Waals surface area contributed by atoms with Crippen LogP contribution in [0, 0.1) is 6.92 Å². The predicted octanol–water partition coefficient (Wildman–Crippen LogP) is 4.64. The molecule has 1 aromatic heterocycles. The van der Waals surface area contributed by atoms with Crippen LogP contribution in [-0.2, 0) is 6.54 Å². The van der Waals surface area contributed by atoms with Crippen molar-refractivity contribution in [1.29, 1.82) is 0 Å². The summed E-state index contributed by atoms with van der Waals surface area (Å²) in [6.07, 6.45) is 0. The second kappa shape index (κ2) is 7.29. The number of nitrogens with one attached hydrogen (secondary N) is 1. The molecule has 0 unspecified atom stereocenters. The van der Waals surface area contributed by atoms with Crippen LogP contribution in [0.5, 0.6) is 5.75 Å². The summed E-state index contributed by atoms with van der Waals surface area (Å²) in [7, 11) is 0. The lowest BCUT2D eigenvalue weighted by molar-refractivity contribution is 0.314. The number of hydrogen-bond donors (Lipinski definition) is 1. The van der Waals surface area contributed by atoms with E-state index in [1.165, 1.54) is 9.75 Å². The second-order valence-electron chi connectivity index (χ2n) is 4.11. The molecule has 0 aliphatic heterocycles. The number of benzene rings is 1. The molecule has 0 spiro atoms. The van der Waals surface area contributed by atoms with Gasteiger partial charge in [-0.15, -0.1) is 11.3 Å². The lowest BCUT2D eigenvalue weighted by Gasteiger charge is -2.08. The Morgan fingerprint density at radius 3 is 2.84 bits per heavy atom. The van der Waals surface area contributed by atoms with Gasteiger partial charge in [0, 0.05) is 27.3 Å². The van der Waals surface area contributed by atoms with Crippen LogP contribution in [0.3, 0.4) is 0 Å². The van der Waals surface area contributed by atoms with Crippen molar-refractivity contribution in [1.82, 2.24) is 5.32 Å². The first kappa shape index (κ1) is 14.9. The molecule has 1 heterocycles. The molecule has 0 saturated heterocycles. The van der Waals surface area contributed by atoms with Crippen LogP contribution in [0.4, 0.5) is 0 Å². The summed E-state index contributed by atoms with van der Waals surface area (Å²) in [4.78, 5) is 2.69. The van der Waals surface area contributed by atoms with Gasteiger partial charge in [0.25, 0.3) is 0 Å². The summed E-state index contributed by atoms with van der Waals surface area (Å²) in [5, 5.41) is 3.98. The van der Waals surface area contributed by atoms with E-state index in [0.29, 0.717) is 11.6 Å². The van der Waals surface area contributed by atoms with E-state index in [1.54, 1.807) is 0 Å². The van der Waals surface area contributed by atoms with Crippen molar-refractivity contribution in [2.75, 3.05) is 13.2 Å². The topological polar surface area (TPSA) is 21.3 Å². The van der Waals surface area contributed by atoms with Gasteiger partial charge in [0.1, 0.15) is 12.4 Å². The van der Waals surface area contributed by atoms with Crippen LogP contribution in [0.15, 0.2) is 34.8 Å². The summed E-state index contributed by atoms with van der Waals surface area (Å²) in [5.41, 5.74) is 0. The molecule has 5 heteroatoms. The Bertz CT molecular complexity index is 544. The highest BCUT2D eigenvalue weighted by Gasteiger charge is 2.02. The van der Waals surface area contributed by atoms with Gasteiger partial charge in [-0.05, 0) is 37.3 Å². The Morgan fingerprint density at radius 2 is 2.16 bits per heavy atom. The minimum Gasteiger partial charge on any atom is -0.491 e. The molecule has 2 nitrogen and oxygen atoms in total. The maximum absolute atomic E-state index is 6.07. The molecule has 1 N–H and O–H groups in total. The quantitative estimate of drug-likeness (QED) is 0.758. The van der Waals surface area contributed by atoms with Crippen LogP contribution in [0.1, 0.15) is 9.75 Å². The summed E-state index contributed by atoms with van der Waals surface area (Å²) >= 11 is 11.2. The lowest BCUT2D eigenvalue weighted by atomic mass is 10.3. The number of thiophene rings is 1. The van der Waals surface area contributed by atoms with Gasteiger partial charge in [-0.2, -0.15) is 0 Å². The van der Waals surface area contributed by atoms with E-state index < -0.39 is 0 Å². The fourth-order valence-electron chi connectivity index (χ4n) is 1.62. The average molecular weight is 361 g/mol. The Hall–Kier alpha value is -0.550. The highest BCUT2D eigenvalue weighted by molar-refractivity contribution is 9.10. The van der Waals surface area contributed by atoms with Crippen LogP contribution >= 0.6 is 38.9 Å². The molecule has 0 saturated carbocycles. The molecule has 0 amide bonds. The van der Waals surface area contributed by atoms with E-state index in [1.807, 2.05) is 29.5 Å². The Kier molecular flexibility index (Phi) is 5.70. The molecule has 0 aliphatic rings. The number of aryl methyl sites for hydroxylation is 1. The molecule has 0 aliphatic carbocycles. The van der Waals surface area contributed by atoms with Crippen molar-refractivity contribution < 1.29 is 4.74 Å². The van der Waals surface area contributed by atoms with Gasteiger partial charge in [0.05, 0.1) is 5.02 Å². The van der Waals surface area contributed by atoms with Gasteiger partial charge in [0.2, 0.25) is 0 Å². The van der Waals surface area contributed by atoms with Gasteiger partial charge in [0.15, 0.2) is 0 Å². The van der Waals surface area contributed by atoms with Crippen molar-refractivity contribution in [2.45, 2.75) is 13.5 Å². The fraction of sp³-hybridized carbons (Fsp3) is 0.286. The third-order valence-corrected chi connectivity index (χ3v) is 4.31. The first-order valence-electron chi connectivity index (χ1n) is 5.99. The van der Waals surface area contributed by atoms with Crippen molar-refractivity contribution >= 4 is 38.9 Å². The van der Waals surface area contributed by atoms with E-state index in [4.69, 9.17) is 16.3 Å². The molecule has 2 rings (SSSR count). The van der Waals surface area contributed by atoms with Crippen molar-refractivity contribution in [3.63, 3.8) is 0 Å². The number of hydrogen-bond acceptors (Lipinski definition) is 3. The molecule has 19 heavy (non-hydrogen) atoms. The molecule has 0 fully saturated rings. The summed E-state index contributed by atoms with van der Waals surface area (Å²) in [6.45, 7) is 4.40. The minimum atomic E-state index is 0.603. The molecule has 0 radical (unpaired) electrons. The van der Waals surface area contributed by atoms with E-state index in [0.717, 1.165) is 23.3 Å². The van der Waals surface area contributed by atoms with Crippen LogP contribution < -0.4 is 10.1 Å². The number of rotatable bonds is 6. The summed E-state index contributed by atoms with van der Waals surface area (Å²) in [5.74, 6) is 0.721. The fourth-order valence-corrected chi connectivity index (χ4v) is 3.21. The van der Waals surface area contributed by atoms with Gasteiger partial charge >= 0.3 is 0 Å². The smallest absolute Gasteiger partial charge is 0.138 e. The second-order valence-corrected chi connectivity index (χ2v) is 6.81. The van der Waals surface area contributed by atoms with Crippen molar-refractivity contribution in [3.8, 4) is 5.75 Å². The minimum absolute atomic E-state index is 0.603. The molecule has 1 aromatic carbocycles. The predicted molar refractivity (Wildman–Crippen MR) is 85.4 cm³/mol. The molecule has 0 bridgehead atoms. The normalized spacial score (nSPS) is 10.7. The molecular formula is C14H15BrClNOS. The van der Waals surface area contributed by atoms with Crippen molar-refractivity contribution in [2.24, 2.45) is 0 Å². The Labute approximate surface area is 130 Å². The van der Waals surface area contributed by atoms with Crippen molar-refractivity contribution in [3.05, 3.63) is 49.6 Å². The maximum atomic E-state index is 6.07. The van der Waals surface area contributed by atoms with Gasteiger partial charge in [-0.3, -0.25) is 0 Å². The standard InChI is InChI=1S/C14H15BrClNOS/c1-10-2-4-12(19-10)9-17-6-7-18-14-5-3-11(15)8-13(14)16/h2-5,8,17H,6-7,9H2,1H3. The van der Waals surface area contributed by atoms with Gasteiger partial charge in [-0.25, -0.2) is 0 Å². The van der Waals surface area contributed by atoms with Crippen LogP contribution in [0.2, 0.25) is 5.02 Å². The maximum Gasteiger partial charge on any atom is 0.138 e. The average Bonchev–Trinajstić information content (AvgIpc) is 2.77. The van der Waals surface area contributed by atoms with Gasteiger partial charge < -0.3 is 10.1 Å². The first-order valence-corrected chi connectivity index (χ1v) is 7.98. The zero-order valence-corrected chi connectivity index (χ0v) is 13.7. The molecule has 0 atom stereocenters. The number of ether oxygens (including phenoxy) is 1. The summed E-state index contributed by atoms with van der Waals surface area (Å²) < 4.78 is 6.58. The van der Waals surface area contributed by atoms with E-state index >= 15 is 0 Å². The van der Waals surface area contributed by atoms with E-state index in [2.05, 4.69) is 40.3 Å². The SMILES string of the molecule is Cc1ccc(CNCCOc2ccc(Br)cc2Cl)s1. The Morgan fingerprint density at radius 1 is 1.32 bits per heavy atom.